The van der Waals surface area contributed by atoms with Gasteiger partial charge >= 0.3 is 11.9 Å². The van der Waals surface area contributed by atoms with Crippen LogP contribution in [0.3, 0.4) is 0 Å². The molecule has 37 heavy (non-hydrogen) atoms. The fourth-order valence-corrected chi connectivity index (χ4v) is 9.13. The zero-order chi connectivity index (χ0) is 28.2. The van der Waals surface area contributed by atoms with E-state index in [4.69, 9.17) is 13.9 Å². The van der Waals surface area contributed by atoms with Crippen LogP contribution in [0.2, 0.25) is 5.04 Å². The summed E-state index contributed by atoms with van der Waals surface area (Å²) in [7, 11) is -3.05. The maximum absolute atomic E-state index is 13.2. The molecular weight excluding hydrogens is 484 g/mol. The van der Waals surface area contributed by atoms with E-state index in [1.807, 2.05) is 60.7 Å². The van der Waals surface area contributed by atoms with Gasteiger partial charge in [-0.1, -0.05) is 81.4 Å². The molecule has 0 heterocycles. The molecule has 0 saturated carbocycles. The number of benzene rings is 2. The molecule has 0 unspecified atom stereocenters. The maximum atomic E-state index is 13.2. The Morgan fingerprint density at radius 1 is 0.703 bits per heavy atom. The molecular formula is C30H44O6Si. The second-order valence-corrected chi connectivity index (χ2v) is 16.8. The van der Waals surface area contributed by atoms with Gasteiger partial charge in [0.15, 0.2) is 5.92 Å². The van der Waals surface area contributed by atoms with Crippen LogP contribution in [0.4, 0.5) is 0 Å². The average Bonchev–Trinajstić information content (AvgIpc) is 2.75. The minimum absolute atomic E-state index is 0.350. The van der Waals surface area contributed by atoms with E-state index in [1.165, 1.54) is 0 Å². The average molecular weight is 529 g/mol. The smallest absolute Gasteiger partial charge is 0.323 e. The van der Waals surface area contributed by atoms with Gasteiger partial charge < -0.3 is 19.0 Å². The van der Waals surface area contributed by atoms with Crippen molar-refractivity contribution in [2.24, 2.45) is 5.92 Å². The second kappa shape index (κ2) is 11.5. The number of esters is 2. The third kappa shape index (κ3) is 7.76. The van der Waals surface area contributed by atoms with Gasteiger partial charge in [0.1, 0.15) is 17.3 Å². The van der Waals surface area contributed by atoms with Crippen molar-refractivity contribution in [2.45, 2.75) is 97.7 Å². The summed E-state index contributed by atoms with van der Waals surface area (Å²) in [6.07, 6.45) is -2.39. The number of aliphatic hydroxyl groups is 1. The molecule has 0 bridgehead atoms. The number of ether oxygens (including phenoxy) is 2. The first-order chi connectivity index (χ1) is 16.9. The van der Waals surface area contributed by atoms with E-state index >= 15 is 0 Å². The Morgan fingerprint density at radius 2 is 1.05 bits per heavy atom. The summed E-state index contributed by atoms with van der Waals surface area (Å²) in [5.41, 5.74) is -1.70. The number of aliphatic hydroxyl groups excluding tert-OH is 1. The minimum Gasteiger partial charge on any atom is -0.459 e. The maximum Gasteiger partial charge on any atom is 0.323 e. The van der Waals surface area contributed by atoms with Crippen molar-refractivity contribution in [3.05, 3.63) is 60.7 Å². The molecule has 1 N–H and O–H groups in total. The Kier molecular flexibility index (Phi) is 9.55. The van der Waals surface area contributed by atoms with Crippen LogP contribution >= 0.6 is 0 Å². The molecule has 0 aliphatic carbocycles. The van der Waals surface area contributed by atoms with Crippen molar-refractivity contribution in [2.75, 3.05) is 0 Å². The number of hydrogen-bond acceptors (Lipinski definition) is 6. The summed E-state index contributed by atoms with van der Waals surface area (Å²) in [5, 5.41) is 13.2. The fraction of sp³-hybridized carbons (Fsp3) is 0.533. The molecule has 0 fully saturated rings. The second-order valence-electron chi connectivity index (χ2n) is 12.5. The van der Waals surface area contributed by atoms with Crippen LogP contribution in [0, 0.1) is 5.92 Å². The summed E-state index contributed by atoms with van der Waals surface area (Å²) in [5.74, 6) is -3.24. The van der Waals surface area contributed by atoms with Crippen LogP contribution in [0.25, 0.3) is 0 Å². The van der Waals surface area contributed by atoms with Gasteiger partial charge in [0.2, 0.25) is 0 Å². The van der Waals surface area contributed by atoms with Crippen molar-refractivity contribution < 1.29 is 28.6 Å². The first-order valence-corrected chi connectivity index (χ1v) is 14.7. The van der Waals surface area contributed by atoms with Gasteiger partial charge in [0.05, 0.1) is 6.10 Å². The molecule has 6 nitrogen and oxygen atoms in total. The highest BCUT2D eigenvalue weighted by molar-refractivity contribution is 6.99. The van der Waals surface area contributed by atoms with E-state index in [2.05, 4.69) is 20.8 Å². The van der Waals surface area contributed by atoms with E-state index < -0.39 is 49.6 Å². The monoisotopic (exact) mass is 528 g/mol. The van der Waals surface area contributed by atoms with E-state index in [-0.39, 0.29) is 5.04 Å². The van der Waals surface area contributed by atoms with Gasteiger partial charge in [-0.2, -0.15) is 0 Å². The summed E-state index contributed by atoms with van der Waals surface area (Å²) in [4.78, 5) is 26.4. The SMILES string of the molecule is C[C@H](O[Si](c1ccccc1)(c1ccccc1)C(C)(C)C)[C@@H](O)C(C(=O)OC(C)(C)C)C(=O)OC(C)(C)C. The molecule has 0 aliphatic rings. The summed E-state index contributed by atoms with van der Waals surface area (Å²) < 4.78 is 18.0. The Hall–Kier alpha value is -2.48. The number of rotatable bonds is 8. The van der Waals surface area contributed by atoms with E-state index in [0.29, 0.717) is 0 Å². The molecule has 0 spiro atoms. The predicted octanol–water partition coefficient (Wildman–Crippen LogP) is 4.61. The van der Waals surface area contributed by atoms with Gasteiger partial charge in [0, 0.05) is 0 Å². The Morgan fingerprint density at radius 3 is 1.35 bits per heavy atom. The first kappa shape index (κ1) is 30.7. The summed E-state index contributed by atoms with van der Waals surface area (Å²) >= 11 is 0. The molecule has 2 atom stereocenters. The molecule has 0 aromatic heterocycles. The van der Waals surface area contributed by atoms with Gasteiger partial charge in [-0.25, -0.2) is 0 Å². The lowest BCUT2D eigenvalue weighted by atomic mass is 9.98. The van der Waals surface area contributed by atoms with Crippen LogP contribution in [-0.4, -0.2) is 48.8 Å². The van der Waals surface area contributed by atoms with Crippen LogP contribution < -0.4 is 10.4 Å². The largest absolute Gasteiger partial charge is 0.459 e. The lowest BCUT2D eigenvalue weighted by Crippen LogP contribution is -2.68. The van der Waals surface area contributed by atoms with E-state index in [0.717, 1.165) is 10.4 Å². The van der Waals surface area contributed by atoms with Gasteiger partial charge in [-0.05, 0) is 63.9 Å². The zero-order valence-electron chi connectivity index (χ0n) is 24.0. The van der Waals surface area contributed by atoms with Crippen molar-refractivity contribution in [3.8, 4) is 0 Å². The van der Waals surface area contributed by atoms with Crippen molar-refractivity contribution in [3.63, 3.8) is 0 Å². The topological polar surface area (TPSA) is 82.1 Å². The third-order valence-electron chi connectivity index (χ3n) is 5.92. The predicted molar refractivity (Wildman–Crippen MR) is 149 cm³/mol. The number of hydrogen-bond donors (Lipinski definition) is 1. The highest BCUT2D eigenvalue weighted by Gasteiger charge is 2.53. The standard InChI is InChI=1S/C30H44O6Si/c1-21(25(31)24(26(32)34-28(2,3)4)27(33)35-29(5,6)7)36-37(30(8,9)10,22-17-13-11-14-18-22)23-19-15-12-16-20-23/h11-21,24-25,31H,1-10H3/t21-,25+/m0/s1. The number of carbonyl (C=O) groups excluding carboxylic acids is 2. The van der Waals surface area contributed by atoms with Gasteiger partial charge in [-0.15, -0.1) is 0 Å². The lowest BCUT2D eigenvalue weighted by Gasteiger charge is -2.45. The first-order valence-electron chi connectivity index (χ1n) is 12.8. The normalized spacial score (nSPS) is 14.7. The highest BCUT2D eigenvalue weighted by atomic mass is 28.4. The van der Waals surface area contributed by atoms with Crippen LogP contribution in [0.1, 0.15) is 69.2 Å². The van der Waals surface area contributed by atoms with Crippen LogP contribution in [0.15, 0.2) is 60.7 Å². The molecule has 2 aromatic rings. The summed E-state index contributed by atoms with van der Waals surface area (Å²) in [6.45, 7) is 18.4. The number of carbonyl (C=O) groups is 2. The Bertz CT molecular complexity index is 964. The summed E-state index contributed by atoms with van der Waals surface area (Å²) in [6, 6.07) is 20.0. The van der Waals surface area contributed by atoms with E-state index in [1.54, 1.807) is 48.5 Å². The molecule has 204 valence electrons. The molecule has 0 radical (unpaired) electrons. The van der Waals surface area contributed by atoms with Crippen molar-refractivity contribution in [1.82, 2.24) is 0 Å². The van der Waals surface area contributed by atoms with Gasteiger partial charge in [0.25, 0.3) is 8.32 Å². The quantitative estimate of drug-likeness (QED) is 0.306. The van der Waals surface area contributed by atoms with Crippen LogP contribution in [0.5, 0.6) is 0 Å². The molecule has 2 aromatic carbocycles. The Labute approximate surface area is 223 Å². The highest BCUT2D eigenvalue weighted by Crippen LogP contribution is 2.38. The molecule has 0 saturated heterocycles. The third-order valence-corrected chi connectivity index (χ3v) is 11.1. The molecule has 0 aliphatic heterocycles. The van der Waals surface area contributed by atoms with Crippen molar-refractivity contribution >= 4 is 30.6 Å². The Balaban J connectivity index is 2.60. The lowest BCUT2D eigenvalue weighted by molar-refractivity contribution is -0.182. The fourth-order valence-electron chi connectivity index (χ4n) is 4.42. The molecule has 0 amide bonds. The minimum atomic E-state index is -3.05. The zero-order valence-corrected chi connectivity index (χ0v) is 25.0. The molecule has 7 heteroatoms. The van der Waals surface area contributed by atoms with Crippen molar-refractivity contribution in [1.29, 1.82) is 0 Å². The van der Waals surface area contributed by atoms with E-state index in [9.17, 15) is 14.7 Å². The van der Waals surface area contributed by atoms with Gasteiger partial charge in [-0.3, -0.25) is 9.59 Å². The molecule has 2 rings (SSSR count). The van der Waals surface area contributed by atoms with Crippen LogP contribution in [-0.2, 0) is 23.5 Å².